The van der Waals surface area contributed by atoms with Gasteiger partial charge in [-0.3, -0.25) is 4.68 Å². The van der Waals surface area contributed by atoms with E-state index in [9.17, 15) is 0 Å². The molecule has 1 N–H and O–H groups in total. The van der Waals surface area contributed by atoms with Crippen molar-refractivity contribution >= 4 is 11.6 Å². The lowest BCUT2D eigenvalue weighted by molar-refractivity contribution is 0.277. The Morgan fingerprint density at radius 3 is 2.72 bits per heavy atom. The fraction of sp³-hybridized carbons (Fsp3) is 0.500. The minimum atomic E-state index is -0.0476. The van der Waals surface area contributed by atoms with E-state index in [1.54, 1.807) is 6.33 Å². The number of aliphatic hydroxyl groups excluding tert-OH is 1. The lowest BCUT2D eigenvalue weighted by atomic mass is 10.3. The van der Waals surface area contributed by atoms with Crippen LogP contribution in [0.5, 0.6) is 0 Å². The highest BCUT2D eigenvalue weighted by Gasteiger charge is 2.14. The zero-order valence-corrected chi connectivity index (χ0v) is 11.4. The van der Waals surface area contributed by atoms with Gasteiger partial charge in [0.25, 0.3) is 0 Å². The Balaban J connectivity index is 2.29. The van der Waals surface area contributed by atoms with Crippen LogP contribution >= 0.6 is 11.6 Å². The van der Waals surface area contributed by atoms with E-state index in [1.807, 2.05) is 29.3 Å². The zero-order valence-electron chi connectivity index (χ0n) is 10.6. The first-order chi connectivity index (χ1) is 8.69. The molecule has 0 unspecified atom stereocenters. The molecule has 6 heteroatoms. The molecule has 2 aromatic rings. The summed E-state index contributed by atoms with van der Waals surface area (Å²) in [4.78, 5) is 4.08. The van der Waals surface area contributed by atoms with Gasteiger partial charge in [0, 0.05) is 12.7 Å². The number of aliphatic hydroxyl groups is 1. The lowest BCUT2D eigenvalue weighted by Crippen LogP contribution is -2.07. The van der Waals surface area contributed by atoms with Crippen molar-refractivity contribution in [3.63, 3.8) is 0 Å². The van der Waals surface area contributed by atoms with Gasteiger partial charge < -0.3 is 9.67 Å². The van der Waals surface area contributed by atoms with Crippen LogP contribution in [-0.4, -0.2) is 24.4 Å². The summed E-state index contributed by atoms with van der Waals surface area (Å²) in [6.45, 7) is 5.44. The lowest BCUT2D eigenvalue weighted by Gasteiger charge is -2.05. The zero-order chi connectivity index (χ0) is 13.1. The minimum Gasteiger partial charge on any atom is -0.390 e. The standard InChI is InChI=1S/C12H17ClN4O/c1-3-10-12(13)11(17(4-2)15-10)6-16-5-9(7-18)14-8-16/h5,8,18H,3-4,6-7H2,1-2H3. The molecule has 2 rings (SSSR count). The van der Waals surface area contributed by atoms with Crippen LogP contribution in [0.3, 0.4) is 0 Å². The van der Waals surface area contributed by atoms with Gasteiger partial charge in [0.15, 0.2) is 0 Å². The van der Waals surface area contributed by atoms with Gasteiger partial charge in [-0.2, -0.15) is 5.10 Å². The smallest absolute Gasteiger partial charge is 0.0954 e. The molecular formula is C12H17ClN4O. The molecule has 0 aliphatic rings. The van der Waals surface area contributed by atoms with Crippen LogP contribution in [0.1, 0.15) is 30.9 Å². The summed E-state index contributed by atoms with van der Waals surface area (Å²) in [7, 11) is 0. The molecule has 98 valence electrons. The summed E-state index contributed by atoms with van der Waals surface area (Å²) >= 11 is 6.33. The van der Waals surface area contributed by atoms with Gasteiger partial charge in [0.2, 0.25) is 0 Å². The number of rotatable bonds is 5. The van der Waals surface area contributed by atoms with Crippen LogP contribution in [0.4, 0.5) is 0 Å². The normalized spacial score (nSPS) is 11.1. The van der Waals surface area contributed by atoms with Crippen LogP contribution < -0.4 is 0 Å². The number of hydrogen-bond acceptors (Lipinski definition) is 3. The highest BCUT2D eigenvalue weighted by Crippen LogP contribution is 2.22. The molecule has 0 atom stereocenters. The van der Waals surface area contributed by atoms with E-state index in [0.717, 1.165) is 29.4 Å². The first kappa shape index (κ1) is 13.1. The second-order valence-electron chi connectivity index (χ2n) is 4.07. The van der Waals surface area contributed by atoms with E-state index in [-0.39, 0.29) is 6.61 Å². The third-order valence-corrected chi connectivity index (χ3v) is 3.31. The summed E-state index contributed by atoms with van der Waals surface area (Å²) in [5.74, 6) is 0. The summed E-state index contributed by atoms with van der Waals surface area (Å²) in [6, 6.07) is 0. The van der Waals surface area contributed by atoms with Crippen molar-refractivity contribution in [1.29, 1.82) is 0 Å². The molecule has 2 heterocycles. The molecule has 0 bridgehead atoms. The number of aryl methyl sites for hydroxylation is 2. The van der Waals surface area contributed by atoms with Crippen LogP contribution in [0.25, 0.3) is 0 Å². The quantitative estimate of drug-likeness (QED) is 0.900. The molecule has 0 amide bonds. The van der Waals surface area contributed by atoms with Gasteiger partial charge in [-0.1, -0.05) is 18.5 Å². The molecule has 0 saturated carbocycles. The first-order valence-corrected chi connectivity index (χ1v) is 6.42. The molecular weight excluding hydrogens is 252 g/mol. The molecule has 0 radical (unpaired) electrons. The van der Waals surface area contributed by atoms with Gasteiger partial charge in [-0.05, 0) is 13.3 Å². The Labute approximate surface area is 111 Å². The molecule has 2 aromatic heterocycles. The van der Waals surface area contributed by atoms with Gasteiger partial charge >= 0.3 is 0 Å². The van der Waals surface area contributed by atoms with Crippen molar-refractivity contribution in [1.82, 2.24) is 19.3 Å². The molecule has 0 aliphatic heterocycles. The predicted octanol–water partition coefficient (Wildman–Crippen LogP) is 1.86. The fourth-order valence-corrected chi connectivity index (χ4v) is 2.24. The largest absolute Gasteiger partial charge is 0.390 e. The Morgan fingerprint density at radius 2 is 2.17 bits per heavy atom. The molecule has 18 heavy (non-hydrogen) atoms. The SMILES string of the molecule is CCc1nn(CC)c(Cn2cnc(CO)c2)c1Cl. The third kappa shape index (κ3) is 2.42. The minimum absolute atomic E-state index is 0.0476. The topological polar surface area (TPSA) is 55.9 Å². The van der Waals surface area contributed by atoms with E-state index >= 15 is 0 Å². The third-order valence-electron chi connectivity index (χ3n) is 2.88. The molecule has 0 saturated heterocycles. The number of aromatic nitrogens is 4. The highest BCUT2D eigenvalue weighted by atomic mass is 35.5. The van der Waals surface area contributed by atoms with Crippen molar-refractivity contribution < 1.29 is 5.11 Å². The van der Waals surface area contributed by atoms with E-state index < -0.39 is 0 Å². The average molecular weight is 269 g/mol. The molecule has 0 spiro atoms. The van der Waals surface area contributed by atoms with Gasteiger partial charge in [0.05, 0.1) is 41.6 Å². The van der Waals surface area contributed by atoms with E-state index in [0.29, 0.717) is 12.2 Å². The fourth-order valence-electron chi connectivity index (χ4n) is 1.92. The summed E-state index contributed by atoms with van der Waals surface area (Å²) in [5.41, 5.74) is 2.57. The van der Waals surface area contributed by atoms with Gasteiger partial charge in [-0.15, -0.1) is 0 Å². The molecule has 0 aliphatic carbocycles. The van der Waals surface area contributed by atoms with Crippen molar-refractivity contribution in [2.45, 2.75) is 40.0 Å². The summed E-state index contributed by atoms with van der Waals surface area (Å²) in [6.07, 6.45) is 4.33. The summed E-state index contributed by atoms with van der Waals surface area (Å²) < 4.78 is 3.82. The van der Waals surface area contributed by atoms with E-state index in [1.165, 1.54) is 0 Å². The predicted molar refractivity (Wildman–Crippen MR) is 69.5 cm³/mol. The van der Waals surface area contributed by atoms with Crippen molar-refractivity contribution in [3.8, 4) is 0 Å². The van der Waals surface area contributed by atoms with Crippen LogP contribution in [-0.2, 0) is 26.1 Å². The Hall–Kier alpha value is -1.33. The van der Waals surface area contributed by atoms with Crippen molar-refractivity contribution in [3.05, 3.63) is 34.6 Å². The number of imidazole rings is 1. The maximum Gasteiger partial charge on any atom is 0.0954 e. The first-order valence-electron chi connectivity index (χ1n) is 6.05. The molecule has 5 nitrogen and oxygen atoms in total. The van der Waals surface area contributed by atoms with Gasteiger partial charge in [0.1, 0.15) is 0 Å². The monoisotopic (exact) mass is 268 g/mol. The van der Waals surface area contributed by atoms with Crippen molar-refractivity contribution in [2.24, 2.45) is 0 Å². The Bertz CT molecular complexity index is 532. The van der Waals surface area contributed by atoms with Crippen molar-refractivity contribution in [2.75, 3.05) is 0 Å². The van der Waals surface area contributed by atoms with Gasteiger partial charge in [-0.25, -0.2) is 4.98 Å². The van der Waals surface area contributed by atoms with Crippen LogP contribution in [0.2, 0.25) is 5.02 Å². The Morgan fingerprint density at radius 1 is 1.39 bits per heavy atom. The van der Waals surface area contributed by atoms with E-state index in [2.05, 4.69) is 10.1 Å². The number of nitrogens with zero attached hydrogens (tertiary/aromatic N) is 4. The Kier molecular flexibility index (Phi) is 4.04. The molecule has 0 aromatic carbocycles. The van der Waals surface area contributed by atoms with Crippen LogP contribution in [0.15, 0.2) is 12.5 Å². The second-order valence-corrected chi connectivity index (χ2v) is 4.45. The number of hydrogen-bond donors (Lipinski definition) is 1. The number of halogens is 1. The average Bonchev–Trinajstić information content (AvgIpc) is 2.96. The highest BCUT2D eigenvalue weighted by molar-refractivity contribution is 6.31. The maximum atomic E-state index is 9.00. The summed E-state index contributed by atoms with van der Waals surface area (Å²) in [5, 5.41) is 14.2. The van der Waals surface area contributed by atoms with Crippen LogP contribution in [0, 0.1) is 0 Å². The maximum absolute atomic E-state index is 9.00. The second kappa shape index (κ2) is 5.54. The molecule has 0 fully saturated rings. The van der Waals surface area contributed by atoms with E-state index in [4.69, 9.17) is 16.7 Å².